The Morgan fingerprint density at radius 2 is 1.52 bits per heavy atom. The van der Waals surface area contributed by atoms with Crippen molar-refractivity contribution < 1.29 is 4.74 Å². The molecule has 2 aliphatic rings. The van der Waals surface area contributed by atoms with Crippen LogP contribution in [-0.4, -0.2) is 5.60 Å². The lowest BCUT2D eigenvalue weighted by molar-refractivity contribution is -0.157. The third-order valence-electron chi connectivity index (χ3n) is 8.12. The first-order valence-corrected chi connectivity index (χ1v) is 10.1. The summed E-state index contributed by atoms with van der Waals surface area (Å²) in [5, 5.41) is 0. The summed E-state index contributed by atoms with van der Waals surface area (Å²) in [6.07, 6.45) is 3.66. The Labute approximate surface area is 155 Å². The lowest BCUT2D eigenvalue weighted by Crippen LogP contribution is -2.61. The van der Waals surface area contributed by atoms with Gasteiger partial charge in [0.25, 0.3) is 0 Å². The van der Waals surface area contributed by atoms with Crippen molar-refractivity contribution in [1.82, 2.24) is 0 Å². The Morgan fingerprint density at radius 1 is 0.960 bits per heavy atom. The van der Waals surface area contributed by atoms with Crippen molar-refractivity contribution in [3.63, 3.8) is 0 Å². The van der Waals surface area contributed by atoms with Crippen LogP contribution in [0, 0.1) is 37.0 Å². The quantitative estimate of drug-likeness (QED) is 0.488. The van der Waals surface area contributed by atoms with Crippen LogP contribution in [0.25, 0.3) is 0 Å². The Bertz CT molecular complexity index is 696. The standard InChI is InChI=1S/C24H38O/c1-15-14-16(2)18-19(17(15)3)25-24(12-11-13-24)23(9,10)22(7,8)20(18)21(4,5)6/h14,20H,11-13H2,1-10H3. The Morgan fingerprint density at radius 3 is 1.96 bits per heavy atom. The van der Waals surface area contributed by atoms with Gasteiger partial charge in [-0.25, -0.2) is 0 Å². The third kappa shape index (κ3) is 2.33. The van der Waals surface area contributed by atoms with Gasteiger partial charge in [0.05, 0.1) is 0 Å². The first-order chi connectivity index (χ1) is 11.3. The third-order valence-corrected chi connectivity index (χ3v) is 8.12. The summed E-state index contributed by atoms with van der Waals surface area (Å²) < 4.78 is 7.05. The molecule has 1 heterocycles. The Kier molecular flexibility index (Phi) is 3.96. The SMILES string of the molecule is Cc1cc(C)c2c(c1C)OC1(CCC1)C(C)(C)C(C)(C)C2C(C)(C)C. The van der Waals surface area contributed by atoms with Crippen molar-refractivity contribution in [2.24, 2.45) is 16.2 Å². The smallest absolute Gasteiger partial charge is 0.127 e. The molecule has 1 saturated carbocycles. The molecule has 0 radical (unpaired) electrons. The minimum absolute atomic E-state index is 0.0176. The van der Waals surface area contributed by atoms with Crippen molar-refractivity contribution in [3.05, 3.63) is 28.3 Å². The number of benzene rings is 1. The Balaban J connectivity index is 2.40. The van der Waals surface area contributed by atoms with Crippen LogP contribution in [0.3, 0.4) is 0 Å². The molecular formula is C24H38O. The number of rotatable bonds is 0. The summed E-state index contributed by atoms with van der Waals surface area (Å²) in [5.41, 5.74) is 5.99. The van der Waals surface area contributed by atoms with Crippen molar-refractivity contribution in [3.8, 4) is 5.75 Å². The summed E-state index contributed by atoms with van der Waals surface area (Å²) in [6, 6.07) is 2.37. The monoisotopic (exact) mass is 342 g/mol. The van der Waals surface area contributed by atoms with Gasteiger partial charge in [-0.3, -0.25) is 0 Å². The fourth-order valence-electron chi connectivity index (χ4n) is 5.93. The van der Waals surface area contributed by atoms with E-state index < -0.39 is 0 Å². The van der Waals surface area contributed by atoms with Gasteiger partial charge in [-0.15, -0.1) is 0 Å². The summed E-state index contributed by atoms with van der Waals surface area (Å²) in [4.78, 5) is 0. The molecule has 1 fully saturated rings. The van der Waals surface area contributed by atoms with E-state index in [1.165, 1.54) is 47.3 Å². The van der Waals surface area contributed by atoms with Crippen LogP contribution in [0.5, 0.6) is 5.75 Å². The van der Waals surface area contributed by atoms with Gasteiger partial charge < -0.3 is 4.74 Å². The lowest BCUT2D eigenvalue weighted by Gasteiger charge is -2.60. The predicted octanol–water partition coefficient (Wildman–Crippen LogP) is 7.11. The zero-order valence-corrected chi connectivity index (χ0v) is 18.2. The minimum atomic E-state index is -0.0176. The van der Waals surface area contributed by atoms with Gasteiger partial charge in [-0.2, -0.15) is 0 Å². The van der Waals surface area contributed by atoms with E-state index in [9.17, 15) is 0 Å². The van der Waals surface area contributed by atoms with Gasteiger partial charge in [0.1, 0.15) is 11.4 Å². The van der Waals surface area contributed by atoms with Gasteiger partial charge in [0.15, 0.2) is 0 Å². The van der Waals surface area contributed by atoms with Crippen LogP contribution in [-0.2, 0) is 0 Å². The highest BCUT2D eigenvalue weighted by Crippen LogP contribution is 2.68. The fraction of sp³-hybridized carbons (Fsp3) is 0.750. The minimum Gasteiger partial charge on any atom is -0.486 e. The van der Waals surface area contributed by atoms with Crippen LogP contribution < -0.4 is 4.74 Å². The average molecular weight is 343 g/mol. The summed E-state index contributed by atoms with van der Waals surface area (Å²) in [6.45, 7) is 23.9. The Hall–Kier alpha value is -0.980. The highest BCUT2D eigenvalue weighted by Gasteiger charge is 2.64. The molecule has 3 rings (SSSR count). The zero-order chi connectivity index (χ0) is 19.0. The normalized spacial score (nSPS) is 26.4. The first kappa shape index (κ1) is 18.8. The second-order valence-corrected chi connectivity index (χ2v) is 11.0. The van der Waals surface area contributed by atoms with E-state index in [0.29, 0.717) is 5.92 Å². The van der Waals surface area contributed by atoms with Crippen LogP contribution in [0.15, 0.2) is 6.07 Å². The number of hydrogen-bond acceptors (Lipinski definition) is 1. The van der Waals surface area contributed by atoms with Gasteiger partial charge >= 0.3 is 0 Å². The number of ether oxygens (including phenoxy) is 1. The van der Waals surface area contributed by atoms with Crippen LogP contribution in [0.4, 0.5) is 0 Å². The van der Waals surface area contributed by atoms with E-state index in [-0.39, 0.29) is 21.8 Å². The molecule has 0 aromatic heterocycles. The second kappa shape index (κ2) is 5.27. The van der Waals surface area contributed by atoms with E-state index in [2.05, 4.69) is 75.3 Å². The van der Waals surface area contributed by atoms with E-state index in [1.807, 2.05) is 0 Å². The molecule has 1 unspecified atom stereocenters. The molecule has 1 atom stereocenters. The molecule has 0 saturated heterocycles. The molecule has 1 spiro atoms. The van der Waals surface area contributed by atoms with E-state index in [1.54, 1.807) is 0 Å². The largest absolute Gasteiger partial charge is 0.486 e. The maximum Gasteiger partial charge on any atom is 0.127 e. The van der Waals surface area contributed by atoms with Gasteiger partial charge in [0.2, 0.25) is 0 Å². The average Bonchev–Trinajstić information content (AvgIpc) is 2.46. The molecule has 1 aromatic rings. The van der Waals surface area contributed by atoms with E-state index in [4.69, 9.17) is 4.74 Å². The van der Waals surface area contributed by atoms with Crippen LogP contribution >= 0.6 is 0 Å². The van der Waals surface area contributed by atoms with Crippen molar-refractivity contribution in [2.75, 3.05) is 0 Å². The summed E-state index contributed by atoms with van der Waals surface area (Å²) >= 11 is 0. The summed E-state index contributed by atoms with van der Waals surface area (Å²) in [7, 11) is 0. The second-order valence-electron chi connectivity index (χ2n) is 11.0. The molecule has 1 aromatic carbocycles. The highest BCUT2D eigenvalue weighted by atomic mass is 16.5. The zero-order valence-electron chi connectivity index (χ0n) is 18.2. The number of hydrogen-bond donors (Lipinski definition) is 0. The molecule has 0 bridgehead atoms. The molecule has 1 aliphatic carbocycles. The lowest BCUT2D eigenvalue weighted by atomic mass is 9.46. The number of aryl methyl sites for hydroxylation is 2. The van der Waals surface area contributed by atoms with E-state index in [0.717, 1.165) is 0 Å². The fourth-order valence-corrected chi connectivity index (χ4v) is 5.93. The number of fused-ring (bicyclic) bond motifs is 1. The van der Waals surface area contributed by atoms with E-state index >= 15 is 0 Å². The predicted molar refractivity (Wildman–Crippen MR) is 108 cm³/mol. The molecule has 1 heteroatoms. The molecule has 0 amide bonds. The molecule has 140 valence electrons. The van der Waals surface area contributed by atoms with Gasteiger partial charge in [-0.1, -0.05) is 54.5 Å². The first-order valence-electron chi connectivity index (χ1n) is 10.1. The maximum absolute atomic E-state index is 7.05. The van der Waals surface area contributed by atoms with Crippen molar-refractivity contribution >= 4 is 0 Å². The van der Waals surface area contributed by atoms with Gasteiger partial charge in [-0.05, 0) is 73.5 Å². The molecule has 1 aliphatic heterocycles. The topological polar surface area (TPSA) is 9.23 Å². The van der Waals surface area contributed by atoms with Crippen molar-refractivity contribution in [1.29, 1.82) is 0 Å². The van der Waals surface area contributed by atoms with Gasteiger partial charge in [0, 0.05) is 11.0 Å². The molecular weight excluding hydrogens is 304 g/mol. The molecule has 25 heavy (non-hydrogen) atoms. The van der Waals surface area contributed by atoms with Crippen molar-refractivity contribution in [2.45, 2.75) is 100 Å². The molecule has 1 nitrogen and oxygen atoms in total. The summed E-state index contributed by atoms with van der Waals surface area (Å²) in [5.74, 6) is 1.67. The highest BCUT2D eigenvalue weighted by molar-refractivity contribution is 5.54. The van der Waals surface area contributed by atoms with Crippen LogP contribution in [0.1, 0.15) is 95.9 Å². The van der Waals surface area contributed by atoms with Crippen LogP contribution in [0.2, 0.25) is 0 Å². The maximum atomic E-state index is 7.05. The molecule has 0 N–H and O–H groups in total.